The zero-order valence-corrected chi connectivity index (χ0v) is 11.5. The van der Waals surface area contributed by atoms with Crippen molar-refractivity contribution in [2.24, 2.45) is 5.92 Å². The summed E-state index contributed by atoms with van der Waals surface area (Å²) in [6.45, 7) is 4.10. The molecule has 0 heterocycles. The number of rotatable bonds is 7. The smallest absolute Gasteiger partial charge is 0.211 e. The minimum atomic E-state index is -3.04. The third-order valence-corrected chi connectivity index (χ3v) is 4.36. The molecule has 1 rings (SSSR count). The lowest BCUT2D eigenvalue weighted by atomic mass is 10.1. The Morgan fingerprint density at radius 1 is 1.19 bits per heavy atom. The van der Waals surface area contributed by atoms with Crippen LogP contribution in [0.25, 0.3) is 0 Å². The summed E-state index contributed by atoms with van der Waals surface area (Å²) >= 11 is 0. The van der Waals surface area contributed by atoms with Gasteiger partial charge in [0, 0.05) is 13.1 Å². The van der Waals surface area contributed by atoms with Crippen molar-refractivity contribution in [1.82, 2.24) is 10.0 Å². The molecule has 1 fully saturated rings. The van der Waals surface area contributed by atoms with Gasteiger partial charge in [0.1, 0.15) is 0 Å². The third kappa shape index (κ3) is 6.68. The van der Waals surface area contributed by atoms with Crippen LogP contribution in [-0.4, -0.2) is 33.8 Å². The van der Waals surface area contributed by atoms with Gasteiger partial charge in [-0.05, 0) is 25.3 Å². The van der Waals surface area contributed by atoms with E-state index in [2.05, 4.69) is 10.0 Å². The molecule has 6 heteroatoms. The molecule has 1 saturated carbocycles. The van der Waals surface area contributed by atoms with Gasteiger partial charge in [0.25, 0.3) is 0 Å². The van der Waals surface area contributed by atoms with Crippen molar-refractivity contribution in [1.29, 1.82) is 0 Å². The molecule has 0 radical (unpaired) electrons. The molecular weight excluding hydrogens is 248 g/mol. The number of hydrogen-bond acceptors (Lipinski definition) is 3. The first-order valence-corrected chi connectivity index (χ1v) is 7.47. The van der Waals surface area contributed by atoms with Crippen LogP contribution < -0.4 is 10.0 Å². The summed E-state index contributed by atoms with van der Waals surface area (Å²) in [4.78, 5) is 0. The van der Waals surface area contributed by atoms with E-state index in [1.807, 2.05) is 6.92 Å². The van der Waals surface area contributed by atoms with Crippen LogP contribution in [0.1, 0.15) is 32.6 Å². The van der Waals surface area contributed by atoms with Crippen LogP contribution in [0.15, 0.2) is 0 Å². The molecule has 0 unspecified atom stereocenters. The van der Waals surface area contributed by atoms with Gasteiger partial charge in [-0.2, -0.15) is 0 Å². The highest BCUT2D eigenvalue weighted by molar-refractivity contribution is 7.89. The maximum atomic E-state index is 11.6. The van der Waals surface area contributed by atoms with E-state index in [0.29, 0.717) is 24.8 Å². The summed E-state index contributed by atoms with van der Waals surface area (Å²) in [5, 5.41) is 3.09. The van der Waals surface area contributed by atoms with Gasteiger partial charge in [0.15, 0.2) is 0 Å². The lowest BCUT2D eigenvalue weighted by Gasteiger charge is -2.11. The molecule has 0 aliphatic heterocycles. The van der Waals surface area contributed by atoms with Crippen LogP contribution in [0.2, 0.25) is 0 Å². The van der Waals surface area contributed by atoms with Crippen molar-refractivity contribution in [3.63, 3.8) is 0 Å². The van der Waals surface area contributed by atoms with Crippen LogP contribution >= 0.6 is 12.4 Å². The highest BCUT2D eigenvalue weighted by atomic mass is 35.5. The third-order valence-electron chi connectivity index (χ3n) is 2.80. The Balaban J connectivity index is 0.00000225. The number of sulfonamides is 1. The van der Waals surface area contributed by atoms with Crippen LogP contribution in [0.4, 0.5) is 0 Å². The maximum absolute atomic E-state index is 11.6. The van der Waals surface area contributed by atoms with Gasteiger partial charge in [0.2, 0.25) is 10.0 Å². The van der Waals surface area contributed by atoms with E-state index in [1.165, 1.54) is 12.8 Å². The minimum Gasteiger partial charge on any atom is -0.316 e. The highest BCUT2D eigenvalue weighted by Crippen LogP contribution is 2.25. The van der Waals surface area contributed by atoms with Gasteiger partial charge >= 0.3 is 0 Å². The molecule has 0 atom stereocenters. The first-order valence-electron chi connectivity index (χ1n) is 5.82. The summed E-state index contributed by atoms with van der Waals surface area (Å²) in [5.74, 6) is 0.709. The monoisotopic (exact) mass is 270 g/mol. The lowest BCUT2D eigenvalue weighted by molar-refractivity contribution is 0.545. The van der Waals surface area contributed by atoms with Crippen molar-refractivity contribution in [2.45, 2.75) is 32.6 Å². The van der Waals surface area contributed by atoms with Gasteiger partial charge in [0.05, 0.1) is 5.75 Å². The highest BCUT2D eigenvalue weighted by Gasteiger charge is 2.21. The van der Waals surface area contributed by atoms with Crippen LogP contribution in [0.5, 0.6) is 0 Å². The largest absolute Gasteiger partial charge is 0.316 e. The molecule has 0 spiro atoms. The molecule has 0 aromatic rings. The van der Waals surface area contributed by atoms with Crippen molar-refractivity contribution < 1.29 is 8.42 Å². The Morgan fingerprint density at radius 3 is 2.38 bits per heavy atom. The SMILES string of the molecule is CCNCCNS(=O)(=O)CC1CCCC1.Cl. The predicted octanol–water partition coefficient (Wildman–Crippen LogP) is 1.13. The molecule has 0 amide bonds. The summed E-state index contributed by atoms with van der Waals surface area (Å²) < 4.78 is 25.9. The fraction of sp³-hybridized carbons (Fsp3) is 1.00. The molecule has 4 nitrogen and oxygen atoms in total. The lowest BCUT2D eigenvalue weighted by Crippen LogP contribution is -2.34. The summed E-state index contributed by atoms with van der Waals surface area (Å²) in [6, 6.07) is 0. The number of nitrogens with one attached hydrogen (secondary N) is 2. The van der Waals surface area contributed by atoms with Crippen molar-refractivity contribution in [3.05, 3.63) is 0 Å². The fourth-order valence-corrected chi connectivity index (χ4v) is 3.50. The summed E-state index contributed by atoms with van der Waals surface area (Å²) in [5.41, 5.74) is 0. The molecule has 16 heavy (non-hydrogen) atoms. The average Bonchev–Trinajstić information content (AvgIpc) is 2.64. The topological polar surface area (TPSA) is 58.2 Å². The second-order valence-corrected chi connectivity index (χ2v) is 6.03. The van der Waals surface area contributed by atoms with Crippen molar-refractivity contribution >= 4 is 22.4 Å². The molecule has 2 N–H and O–H groups in total. The van der Waals surface area contributed by atoms with E-state index >= 15 is 0 Å². The van der Waals surface area contributed by atoms with Crippen molar-refractivity contribution in [2.75, 3.05) is 25.4 Å². The Morgan fingerprint density at radius 2 is 1.81 bits per heavy atom. The van der Waals surface area contributed by atoms with E-state index in [4.69, 9.17) is 0 Å². The molecule has 98 valence electrons. The molecule has 1 aliphatic carbocycles. The Bertz CT molecular complexity index is 264. The second-order valence-electron chi connectivity index (χ2n) is 4.18. The van der Waals surface area contributed by atoms with Gasteiger partial charge < -0.3 is 5.32 Å². The molecule has 0 saturated heterocycles. The molecule has 0 aromatic carbocycles. The predicted molar refractivity (Wildman–Crippen MR) is 69.5 cm³/mol. The molecular formula is C10H23ClN2O2S. The zero-order valence-electron chi connectivity index (χ0n) is 9.87. The zero-order chi connectivity index (χ0) is 11.1. The maximum Gasteiger partial charge on any atom is 0.211 e. The van der Waals surface area contributed by atoms with Gasteiger partial charge in [-0.15, -0.1) is 12.4 Å². The normalized spacial score (nSPS) is 17.3. The molecule has 0 bridgehead atoms. The van der Waals surface area contributed by atoms with Crippen LogP contribution in [-0.2, 0) is 10.0 Å². The van der Waals surface area contributed by atoms with Crippen molar-refractivity contribution in [3.8, 4) is 0 Å². The molecule has 0 aromatic heterocycles. The van der Waals surface area contributed by atoms with Crippen LogP contribution in [0.3, 0.4) is 0 Å². The number of likely N-dealkylation sites (N-methyl/N-ethyl adjacent to an activating group) is 1. The quantitative estimate of drug-likeness (QED) is 0.682. The first-order chi connectivity index (χ1) is 7.14. The minimum absolute atomic E-state index is 0. The Hall–Kier alpha value is 0.160. The fourth-order valence-electron chi connectivity index (χ4n) is 2.02. The van der Waals surface area contributed by atoms with E-state index in [1.54, 1.807) is 0 Å². The average molecular weight is 271 g/mol. The van der Waals surface area contributed by atoms with E-state index in [9.17, 15) is 8.42 Å². The van der Waals surface area contributed by atoms with Gasteiger partial charge in [-0.25, -0.2) is 13.1 Å². The summed E-state index contributed by atoms with van der Waals surface area (Å²) in [7, 11) is -3.04. The second kappa shape index (κ2) is 8.28. The van der Waals surface area contributed by atoms with E-state index in [-0.39, 0.29) is 12.4 Å². The van der Waals surface area contributed by atoms with Gasteiger partial charge in [-0.3, -0.25) is 0 Å². The van der Waals surface area contributed by atoms with Crippen LogP contribution in [0, 0.1) is 5.92 Å². The number of hydrogen-bond donors (Lipinski definition) is 2. The number of halogens is 1. The summed E-state index contributed by atoms with van der Waals surface area (Å²) in [6.07, 6.45) is 4.54. The first kappa shape index (κ1) is 16.2. The Kier molecular flexibility index (Phi) is 8.36. The molecule has 1 aliphatic rings. The Labute approximate surface area is 105 Å². The van der Waals surface area contributed by atoms with E-state index < -0.39 is 10.0 Å². The van der Waals surface area contributed by atoms with Gasteiger partial charge in [-0.1, -0.05) is 19.8 Å². The standard InChI is InChI=1S/C10H22N2O2S.ClH/c1-2-11-7-8-12-15(13,14)9-10-5-3-4-6-10;/h10-12H,2-9H2,1H3;1H. The van der Waals surface area contributed by atoms with E-state index in [0.717, 1.165) is 19.4 Å².